The fourth-order valence-corrected chi connectivity index (χ4v) is 4.27. The summed E-state index contributed by atoms with van der Waals surface area (Å²) in [6.45, 7) is 2.78. The summed E-state index contributed by atoms with van der Waals surface area (Å²) >= 11 is 1.40. The van der Waals surface area contributed by atoms with Crippen molar-refractivity contribution in [1.82, 2.24) is 14.8 Å². The Morgan fingerprint density at radius 3 is 2.61 bits per heavy atom. The number of benzene rings is 3. The van der Waals surface area contributed by atoms with Crippen LogP contribution in [-0.2, 0) is 11.3 Å². The van der Waals surface area contributed by atoms with Gasteiger partial charge >= 0.3 is 0 Å². The molecule has 1 N–H and O–H groups in total. The monoisotopic (exact) mass is 431 g/mol. The Hall–Kier alpha value is -3.32. The van der Waals surface area contributed by atoms with E-state index in [1.165, 1.54) is 11.8 Å². The van der Waals surface area contributed by atoms with Crippen LogP contribution in [0.4, 0.5) is 11.4 Å². The number of nitrogens with one attached hydrogen (secondary N) is 1. The van der Waals surface area contributed by atoms with Gasteiger partial charge < -0.3 is 14.8 Å². The first-order valence-corrected chi connectivity index (χ1v) is 11.2. The van der Waals surface area contributed by atoms with Gasteiger partial charge in [-0.3, -0.25) is 4.79 Å². The van der Waals surface area contributed by atoms with Crippen molar-refractivity contribution < 1.29 is 4.79 Å². The van der Waals surface area contributed by atoms with Gasteiger partial charge in [-0.1, -0.05) is 60.3 Å². The average Bonchev–Trinajstić information content (AvgIpc) is 3.21. The van der Waals surface area contributed by atoms with Gasteiger partial charge in [0.15, 0.2) is 11.0 Å². The van der Waals surface area contributed by atoms with Crippen molar-refractivity contribution in [3.63, 3.8) is 0 Å². The summed E-state index contributed by atoms with van der Waals surface area (Å²) < 4.78 is 2.05. The number of rotatable bonds is 7. The lowest BCUT2D eigenvalue weighted by molar-refractivity contribution is -0.113. The van der Waals surface area contributed by atoms with Crippen LogP contribution >= 0.6 is 11.8 Å². The lowest BCUT2D eigenvalue weighted by Gasteiger charge is -2.14. The van der Waals surface area contributed by atoms with Gasteiger partial charge in [0, 0.05) is 43.0 Å². The summed E-state index contributed by atoms with van der Waals surface area (Å²) in [7, 11) is 4.03. The molecule has 7 heteroatoms. The predicted molar refractivity (Wildman–Crippen MR) is 129 cm³/mol. The number of hydrogen-bond donors (Lipinski definition) is 1. The normalized spacial score (nSPS) is 10.9. The molecule has 31 heavy (non-hydrogen) atoms. The van der Waals surface area contributed by atoms with Gasteiger partial charge in [0.2, 0.25) is 5.91 Å². The van der Waals surface area contributed by atoms with E-state index in [1.54, 1.807) is 0 Å². The number of thioether (sulfide) groups is 1. The number of fused-ring (bicyclic) bond motifs is 1. The first-order valence-electron chi connectivity index (χ1n) is 10.2. The Kier molecular flexibility index (Phi) is 6.23. The maximum absolute atomic E-state index is 12.6. The molecule has 4 aromatic rings. The maximum Gasteiger partial charge on any atom is 0.234 e. The van der Waals surface area contributed by atoms with E-state index in [2.05, 4.69) is 39.5 Å². The third-order valence-corrected chi connectivity index (χ3v) is 6.02. The zero-order valence-corrected chi connectivity index (χ0v) is 18.7. The molecule has 0 atom stereocenters. The molecule has 0 spiro atoms. The van der Waals surface area contributed by atoms with E-state index in [9.17, 15) is 4.79 Å². The number of aromatic nitrogens is 3. The molecule has 158 valence electrons. The largest absolute Gasteiger partial charge is 0.378 e. The number of carbonyl (C=O) groups is 1. The van der Waals surface area contributed by atoms with Gasteiger partial charge in [0.05, 0.1) is 5.75 Å². The molecule has 0 aliphatic heterocycles. The van der Waals surface area contributed by atoms with Crippen molar-refractivity contribution in [2.45, 2.75) is 18.6 Å². The first kappa shape index (κ1) is 20.9. The number of anilines is 2. The molecular formula is C24H25N5OS. The molecular weight excluding hydrogens is 406 g/mol. The summed E-state index contributed by atoms with van der Waals surface area (Å²) in [5.74, 6) is 1.00. The van der Waals surface area contributed by atoms with E-state index in [-0.39, 0.29) is 11.7 Å². The molecule has 0 radical (unpaired) electrons. The highest BCUT2D eigenvalue weighted by molar-refractivity contribution is 7.99. The molecule has 4 rings (SSSR count). The van der Waals surface area contributed by atoms with Gasteiger partial charge in [0.1, 0.15) is 0 Å². The molecule has 3 aromatic carbocycles. The zero-order chi connectivity index (χ0) is 21.8. The van der Waals surface area contributed by atoms with Gasteiger partial charge in [-0.2, -0.15) is 0 Å². The van der Waals surface area contributed by atoms with Crippen molar-refractivity contribution in [1.29, 1.82) is 0 Å². The predicted octanol–water partition coefficient (Wildman–Crippen LogP) is 4.92. The highest BCUT2D eigenvalue weighted by atomic mass is 32.2. The van der Waals surface area contributed by atoms with Crippen molar-refractivity contribution in [3.8, 4) is 11.4 Å². The Morgan fingerprint density at radius 2 is 1.81 bits per heavy atom. The van der Waals surface area contributed by atoms with Crippen LogP contribution in [0.3, 0.4) is 0 Å². The molecule has 0 unspecified atom stereocenters. The van der Waals surface area contributed by atoms with E-state index in [0.717, 1.165) is 45.2 Å². The second kappa shape index (κ2) is 9.22. The zero-order valence-electron chi connectivity index (χ0n) is 17.9. The molecule has 1 heterocycles. The van der Waals surface area contributed by atoms with Crippen LogP contribution in [0.5, 0.6) is 0 Å². The van der Waals surface area contributed by atoms with Crippen molar-refractivity contribution in [2.75, 3.05) is 30.1 Å². The number of hydrogen-bond acceptors (Lipinski definition) is 5. The summed E-state index contributed by atoms with van der Waals surface area (Å²) in [6.07, 6.45) is 0. The van der Waals surface area contributed by atoms with E-state index in [4.69, 9.17) is 0 Å². The van der Waals surface area contributed by atoms with Crippen LogP contribution in [0.15, 0.2) is 71.9 Å². The van der Waals surface area contributed by atoms with Crippen molar-refractivity contribution in [2.24, 2.45) is 0 Å². The smallest absolute Gasteiger partial charge is 0.234 e. The highest BCUT2D eigenvalue weighted by Gasteiger charge is 2.15. The first-order chi connectivity index (χ1) is 15.1. The summed E-state index contributed by atoms with van der Waals surface area (Å²) in [5, 5.41) is 14.6. The van der Waals surface area contributed by atoms with E-state index < -0.39 is 0 Å². The van der Waals surface area contributed by atoms with E-state index in [0.29, 0.717) is 0 Å². The fraction of sp³-hybridized carbons (Fsp3) is 0.208. The molecule has 1 aromatic heterocycles. The highest BCUT2D eigenvalue weighted by Crippen LogP contribution is 2.27. The molecule has 0 bridgehead atoms. The van der Waals surface area contributed by atoms with Gasteiger partial charge in [-0.25, -0.2) is 0 Å². The van der Waals surface area contributed by atoms with E-state index >= 15 is 0 Å². The Bertz CT molecular complexity index is 1210. The van der Waals surface area contributed by atoms with Gasteiger partial charge in [-0.15, -0.1) is 10.2 Å². The lowest BCUT2D eigenvalue weighted by atomic mass is 10.1. The third kappa shape index (κ3) is 4.56. The minimum atomic E-state index is -0.0665. The molecule has 1 amide bonds. The topological polar surface area (TPSA) is 63.1 Å². The van der Waals surface area contributed by atoms with Crippen molar-refractivity contribution in [3.05, 3.63) is 66.7 Å². The number of amides is 1. The molecule has 0 saturated carbocycles. The summed E-state index contributed by atoms with van der Waals surface area (Å²) in [5.41, 5.74) is 2.93. The maximum atomic E-state index is 12.6. The molecule has 0 saturated heterocycles. The summed E-state index contributed by atoms with van der Waals surface area (Å²) in [6, 6.07) is 22.1. The molecule has 0 fully saturated rings. The van der Waals surface area contributed by atoms with Crippen molar-refractivity contribution >= 4 is 39.8 Å². The molecule has 0 aliphatic rings. The minimum absolute atomic E-state index is 0.0665. The van der Waals surface area contributed by atoms with Crippen LogP contribution in [0.2, 0.25) is 0 Å². The fourth-order valence-electron chi connectivity index (χ4n) is 3.47. The SMILES string of the molecule is CCn1c(SCC(=O)Nc2cccc3ccccc23)nnc1-c1cccc(N(C)C)c1. The number of nitrogens with zero attached hydrogens (tertiary/aromatic N) is 4. The molecule has 6 nitrogen and oxygen atoms in total. The lowest BCUT2D eigenvalue weighted by Crippen LogP contribution is -2.15. The van der Waals surface area contributed by atoms with Gasteiger partial charge in [0.25, 0.3) is 0 Å². The van der Waals surface area contributed by atoms with Gasteiger partial charge in [-0.05, 0) is 30.5 Å². The number of carbonyl (C=O) groups excluding carboxylic acids is 1. The second-order valence-electron chi connectivity index (χ2n) is 7.36. The molecule has 0 aliphatic carbocycles. The standard InChI is InChI=1S/C24H25N5OS/c1-4-29-23(18-11-7-12-19(15-18)28(2)3)26-27-24(29)31-16-22(30)25-21-14-8-10-17-9-5-6-13-20(17)21/h5-15H,4,16H2,1-3H3,(H,25,30). The Labute approximate surface area is 186 Å². The summed E-state index contributed by atoms with van der Waals surface area (Å²) in [4.78, 5) is 14.7. The Morgan fingerprint density at radius 1 is 1.03 bits per heavy atom. The third-order valence-electron chi connectivity index (χ3n) is 5.05. The van der Waals surface area contributed by atoms with Crippen LogP contribution in [0.25, 0.3) is 22.2 Å². The quantitative estimate of drug-likeness (QED) is 0.421. The average molecular weight is 432 g/mol. The van der Waals surface area contributed by atoms with Crippen LogP contribution in [0, 0.1) is 0 Å². The van der Waals surface area contributed by atoms with E-state index in [1.807, 2.05) is 73.3 Å². The Balaban J connectivity index is 1.49. The van der Waals surface area contributed by atoms with Crippen LogP contribution < -0.4 is 10.2 Å². The minimum Gasteiger partial charge on any atom is -0.378 e. The van der Waals surface area contributed by atoms with Crippen LogP contribution in [-0.4, -0.2) is 40.5 Å². The van der Waals surface area contributed by atoms with Crippen LogP contribution in [0.1, 0.15) is 6.92 Å². The second-order valence-corrected chi connectivity index (χ2v) is 8.30.